The molecule has 2 aromatic rings. The molecule has 0 unspecified atom stereocenters. The summed E-state index contributed by atoms with van der Waals surface area (Å²) < 4.78 is 10.6. The van der Waals surface area contributed by atoms with E-state index in [0.29, 0.717) is 23.3 Å². The van der Waals surface area contributed by atoms with Crippen LogP contribution in [0.4, 0.5) is 16.5 Å². The second-order valence-electron chi connectivity index (χ2n) is 8.99. The molecule has 0 spiro atoms. The Bertz CT molecular complexity index is 1040. The van der Waals surface area contributed by atoms with Crippen LogP contribution in [0.1, 0.15) is 33.3 Å². The van der Waals surface area contributed by atoms with Crippen LogP contribution in [0.3, 0.4) is 0 Å². The zero-order valence-electron chi connectivity index (χ0n) is 20.0. The molecule has 176 valence electrons. The van der Waals surface area contributed by atoms with E-state index in [9.17, 15) is 14.4 Å². The van der Waals surface area contributed by atoms with Gasteiger partial charge in [-0.1, -0.05) is 0 Å². The molecule has 1 aromatic heterocycles. The molecule has 1 heterocycles. The Morgan fingerprint density at radius 2 is 1.84 bits per heavy atom. The minimum absolute atomic E-state index is 0.0448. The van der Waals surface area contributed by atoms with Crippen LogP contribution in [-0.2, 0) is 9.53 Å². The molecule has 0 fully saturated rings. The minimum atomic E-state index is -0.648. The number of fused-ring (bicyclic) bond motifs is 1. The van der Waals surface area contributed by atoms with Gasteiger partial charge in [0.25, 0.3) is 6.01 Å². The average molecular weight is 448 g/mol. The Morgan fingerprint density at radius 1 is 1.19 bits per heavy atom. The summed E-state index contributed by atoms with van der Waals surface area (Å²) in [6, 6.07) is 2.56. The average Bonchev–Trinajstić information content (AvgIpc) is 2.65. The number of aryl methyl sites for hydroxylation is 1. The maximum absolute atomic E-state index is 12.7. The van der Waals surface area contributed by atoms with Crippen LogP contribution in [0.15, 0.2) is 21.3 Å². The maximum Gasteiger partial charge on any atom is 0.412 e. The quantitative estimate of drug-likeness (QED) is 0.665. The first-order valence-electron chi connectivity index (χ1n) is 10.4. The summed E-state index contributed by atoms with van der Waals surface area (Å²) in [4.78, 5) is 45.2. The molecule has 0 radical (unpaired) electrons. The highest BCUT2D eigenvalue weighted by Crippen LogP contribution is 2.24. The lowest BCUT2D eigenvalue weighted by Gasteiger charge is -2.23. The lowest BCUT2D eigenvalue weighted by Crippen LogP contribution is -2.42. The molecular weight excluding hydrogens is 414 g/mol. The van der Waals surface area contributed by atoms with Crippen LogP contribution in [0.5, 0.6) is 0 Å². The fourth-order valence-electron chi connectivity index (χ4n) is 2.97. The van der Waals surface area contributed by atoms with E-state index >= 15 is 0 Å². The SMILES string of the molecule is Cc1c(NC(=O)OC(C)(C)C)ccc2nc(N[C@@H](C)C(=O)N(C)CCN(C)C)oc(=O)c12. The summed E-state index contributed by atoms with van der Waals surface area (Å²) >= 11 is 0. The number of likely N-dealkylation sites (N-methyl/N-ethyl adjacent to an activating group) is 2. The number of amides is 2. The normalized spacial score (nSPS) is 12.5. The van der Waals surface area contributed by atoms with Gasteiger partial charge in [0.05, 0.1) is 10.9 Å². The van der Waals surface area contributed by atoms with Gasteiger partial charge in [-0.3, -0.25) is 10.1 Å². The lowest BCUT2D eigenvalue weighted by molar-refractivity contribution is -0.130. The summed E-state index contributed by atoms with van der Waals surface area (Å²) in [6.45, 7) is 9.96. The molecule has 10 heteroatoms. The molecule has 32 heavy (non-hydrogen) atoms. The van der Waals surface area contributed by atoms with Gasteiger partial charge in [-0.2, -0.15) is 4.98 Å². The molecule has 0 saturated carbocycles. The number of carbonyl (C=O) groups excluding carboxylic acids is 2. The predicted molar refractivity (Wildman–Crippen MR) is 124 cm³/mol. The topological polar surface area (TPSA) is 117 Å². The van der Waals surface area contributed by atoms with E-state index in [0.717, 1.165) is 6.54 Å². The third-order valence-electron chi connectivity index (χ3n) is 4.66. The number of aromatic nitrogens is 1. The Labute approximate surface area is 187 Å². The van der Waals surface area contributed by atoms with Crippen molar-refractivity contribution in [1.29, 1.82) is 0 Å². The van der Waals surface area contributed by atoms with E-state index in [1.54, 1.807) is 58.7 Å². The van der Waals surface area contributed by atoms with Crippen molar-refractivity contribution in [3.8, 4) is 0 Å². The molecule has 0 bridgehead atoms. The van der Waals surface area contributed by atoms with E-state index in [-0.39, 0.29) is 17.3 Å². The van der Waals surface area contributed by atoms with Crippen molar-refractivity contribution >= 4 is 34.6 Å². The molecule has 10 nitrogen and oxygen atoms in total. The predicted octanol–water partition coefficient (Wildman–Crippen LogP) is 2.66. The van der Waals surface area contributed by atoms with Gasteiger partial charge in [-0.15, -0.1) is 0 Å². The van der Waals surface area contributed by atoms with E-state index in [2.05, 4.69) is 15.6 Å². The van der Waals surface area contributed by atoms with E-state index in [1.165, 1.54) is 0 Å². The maximum atomic E-state index is 12.7. The third-order valence-corrected chi connectivity index (χ3v) is 4.66. The number of nitrogens with zero attached hydrogens (tertiary/aromatic N) is 3. The van der Waals surface area contributed by atoms with Crippen molar-refractivity contribution in [2.24, 2.45) is 0 Å². The highest BCUT2D eigenvalue weighted by atomic mass is 16.6. The largest absolute Gasteiger partial charge is 0.444 e. The molecular formula is C22H33N5O5. The van der Waals surface area contributed by atoms with Crippen LogP contribution in [0, 0.1) is 6.92 Å². The van der Waals surface area contributed by atoms with E-state index < -0.39 is 23.4 Å². The summed E-state index contributed by atoms with van der Waals surface area (Å²) in [5, 5.41) is 5.75. The first kappa shape index (κ1) is 25.1. The van der Waals surface area contributed by atoms with Crippen LogP contribution in [0.2, 0.25) is 0 Å². The summed E-state index contributed by atoms with van der Waals surface area (Å²) in [7, 11) is 5.59. The van der Waals surface area contributed by atoms with Crippen molar-refractivity contribution in [3.63, 3.8) is 0 Å². The standard InChI is InChI=1S/C22H33N5O5/c1-13-15(25-21(30)32-22(3,4)5)9-10-16-17(13)19(29)31-20(24-16)23-14(2)18(28)27(8)12-11-26(6)7/h9-10,14H,11-12H2,1-8H3,(H,23,24)(H,25,30)/t14-/m0/s1. The lowest BCUT2D eigenvalue weighted by atomic mass is 10.1. The van der Waals surface area contributed by atoms with Crippen molar-refractivity contribution < 1.29 is 18.7 Å². The molecule has 0 saturated heterocycles. The first-order valence-corrected chi connectivity index (χ1v) is 10.4. The van der Waals surface area contributed by atoms with Crippen molar-refractivity contribution in [2.75, 3.05) is 44.9 Å². The van der Waals surface area contributed by atoms with Crippen molar-refractivity contribution in [3.05, 3.63) is 28.1 Å². The molecule has 2 rings (SSSR count). The monoisotopic (exact) mass is 447 g/mol. The second-order valence-corrected chi connectivity index (χ2v) is 8.99. The molecule has 1 atom stereocenters. The number of benzene rings is 1. The van der Waals surface area contributed by atoms with Crippen LogP contribution in [0.25, 0.3) is 10.9 Å². The number of ether oxygens (including phenoxy) is 1. The van der Waals surface area contributed by atoms with Crippen molar-refractivity contribution in [2.45, 2.75) is 46.3 Å². The van der Waals surface area contributed by atoms with Crippen molar-refractivity contribution in [1.82, 2.24) is 14.8 Å². The molecule has 2 amide bonds. The van der Waals surface area contributed by atoms with Crippen LogP contribution >= 0.6 is 0 Å². The molecule has 1 aromatic carbocycles. The van der Waals surface area contributed by atoms with Crippen LogP contribution in [-0.4, -0.2) is 72.7 Å². The van der Waals surface area contributed by atoms with E-state index in [4.69, 9.17) is 9.15 Å². The number of nitrogens with one attached hydrogen (secondary N) is 2. The number of anilines is 2. The highest BCUT2D eigenvalue weighted by Gasteiger charge is 2.21. The molecule has 0 aliphatic rings. The van der Waals surface area contributed by atoms with Gasteiger partial charge in [-0.05, 0) is 66.4 Å². The Kier molecular flexibility index (Phi) is 7.84. The Balaban J connectivity index is 2.21. The van der Waals surface area contributed by atoms with Crippen LogP contribution < -0.4 is 16.3 Å². The third kappa shape index (κ3) is 6.68. The van der Waals surface area contributed by atoms with Gasteiger partial charge in [-0.25, -0.2) is 9.59 Å². The Hall–Kier alpha value is -3.14. The summed E-state index contributed by atoms with van der Waals surface area (Å²) in [5.41, 5.74) is 0.0476. The highest BCUT2D eigenvalue weighted by molar-refractivity contribution is 5.93. The summed E-state index contributed by atoms with van der Waals surface area (Å²) in [5.74, 6) is -0.149. The number of carbonyl (C=O) groups is 2. The zero-order chi connectivity index (χ0) is 24.2. The van der Waals surface area contributed by atoms with Gasteiger partial charge < -0.3 is 24.3 Å². The van der Waals surface area contributed by atoms with Gasteiger partial charge in [0.1, 0.15) is 11.6 Å². The number of hydrogen-bond acceptors (Lipinski definition) is 8. The smallest absolute Gasteiger partial charge is 0.412 e. The minimum Gasteiger partial charge on any atom is -0.444 e. The fourth-order valence-corrected chi connectivity index (χ4v) is 2.97. The van der Waals surface area contributed by atoms with Gasteiger partial charge in [0.2, 0.25) is 5.91 Å². The zero-order valence-corrected chi connectivity index (χ0v) is 20.0. The second kappa shape index (κ2) is 9.99. The summed E-state index contributed by atoms with van der Waals surface area (Å²) in [6.07, 6.45) is -0.624. The molecule has 2 N–H and O–H groups in total. The molecule has 0 aliphatic carbocycles. The first-order chi connectivity index (χ1) is 14.8. The van der Waals surface area contributed by atoms with Gasteiger partial charge in [0, 0.05) is 25.8 Å². The number of rotatable bonds is 7. The fraction of sp³-hybridized carbons (Fsp3) is 0.545. The van der Waals surface area contributed by atoms with Gasteiger partial charge in [0.15, 0.2) is 0 Å². The number of hydrogen-bond donors (Lipinski definition) is 2. The Morgan fingerprint density at radius 3 is 2.44 bits per heavy atom. The molecule has 0 aliphatic heterocycles. The van der Waals surface area contributed by atoms with Gasteiger partial charge >= 0.3 is 11.7 Å². The van der Waals surface area contributed by atoms with E-state index in [1.807, 2.05) is 19.0 Å².